The molecule has 0 aromatic heterocycles. The molecule has 1 fully saturated rings. The molecule has 0 aliphatic carbocycles. The maximum atomic E-state index is 11.8. The molecule has 0 saturated carbocycles. The van der Waals surface area contributed by atoms with Gasteiger partial charge in [-0.05, 0) is 5.92 Å². The third kappa shape index (κ3) is 4.51. The maximum absolute atomic E-state index is 11.8. The topological polar surface area (TPSA) is 41.6 Å². The molecule has 0 radical (unpaired) electrons. The highest BCUT2D eigenvalue weighted by molar-refractivity contribution is 5.83. The zero-order valence-electron chi connectivity index (χ0n) is 9.88. The zero-order valence-corrected chi connectivity index (χ0v) is 9.88. The molecule has 4 nitrogen and oxygen atoms in total. The molecule has 100 valence electrons. The van der Waals surface area contributed by atoms with Crippen LogP contribution >= 0.6 is 0 Å². The molecular weight excluding hydrogens is 237 g/mol. The fourth-order valence-electron chi connectivity index (χ4n) is 1.64. The number of alkyl halides is 3. The van der Waals surface area contributed by atoms with Gasteiger partial charge in [-0.2, -0.15) is 13.2 Å². The van der Waals surface area contributed by atoms with Gasteiger partial charge in [0.15, 0.2) is 0 Å². The van der Waals surface area contributed by atoms with E-state index in [0.717, 1.165) is 0 Å². The van der Waals surface area contributed by atoms with Crippen LogP contribution in [0.1, 0.15) is 13.8 Å². The van der Waals surface area contributed by atoms with Crippen molar-refractivity contribution in [3.63, 3.8) is 0 Å². The van der Waals surface area contributed by atoms with Crippen LogP contribution in [0.25, 0.3) is 0 Å². The third-order valence-corrected chi connectivity index (χ3v) is 2.52. The van der Waals surface area contributed by atoms with Crippen LogP contribution in [0.15, 0.2) is 0 Å². The van der Waals surface area contributed by atoms with Crippen molar-refractivity contribution < 1.29 is 22.7 Å². The molecule has 1 saturated heterocycles. The minimum Gasteiger partial charge on any atom is -0.370 e. The number of carbonyl (C=O) groups excluding carboxylic acids is 1. The van der Waals surface area contributed by atoms with E-state index >= 15 is 0 Å². The molecule has 1 N–H and O–H groups in total. The predicted molar refractivity (Wildman–Crippen MR) is 55.2 cm³/mol. The van der Waals surface area contributed by atoms with Gasteiger partial charge in [0.05, 0.1) is 19.3 Å². The fraction of sp³-hybridized carbons (Fsp3) is 0.900. The molecule has 0 bridgehead atoms. The number of hydrogen-bond acceptors (Lipinski definition) is 3. The first-order valence-corrected chi connectivity index (χ1v) is 5.48. The van der Waals surface area contributed by atoms with Gasteiger partial charge in [0.2, 0.25) is 5.91 Å². The molecule has 1 amide bonds. The number of halogens is 3. The summed E-state index contributed by atoms with van der Waals surface area (Å²) in [5.74, 6) is 0.0965. The van der Waals surface area contributed by atoms with Gasteiger partial charge in [-0.15, -0.1) is 0 Å². The Morgan fingerprint density at radius 2 is 2.18 bits per heavy atom. The molecule has 1 atom stereocenters. The van der Waals surface area contributed by atoms with E-state index in [-0.39, 0.29) is 31.0 Å². The molecule has 0 aromatic carbocycles. The Kier molecular flexibility index (Phi) is 4.76. The third-order valence-electron chi connectivity index (χ3n) is 2.52. The van der Waals surface area contributed by atoms with E-state index in [0.29, 0.717) is 6.67 Å². The highest BCUT2D eigenvalue weighted by Gasteiger charge is 2.33. The summed E-state index contributed by atoms with van der Waals surface area (Å²) in [6.45, 7) is 3.02. The Labute approximate surface area is 98.1 Å². The fourth-order valence-corrected chi connectivity index (χ4v) is 1.64. The Morgan fingerprint density at radius 3 is 2.65 bits per heavy atom. The minimum absolute atomic E-state index is 0.0735. The number of hydrogen-bond donors (Lipinski definition) is 1. The molecule has 1 unspecified atom stereocenters. The maximum Gasteiger partial charge on any atom is 0.411 e. The average Bonchev–Trinajstić information content (AvgIpc) is 2.53. The van der Waals surface area contributed by atoms with E-state index in [1.165, 1.54) is 4.90 Å². The van der Waals surface area contributed by atoms with Gasteiger partial charge in [0, 0.05) is 6.54 Å². The summed E-state index contributed by atoms with van der Waals surface area (Å²) in [5, 5.41) is 3.01. The lowest BCUT2D eigenvalue weighted by Crippen LogP contribution is -2.36. The van der Waals surface area contributed by atoms with Crippen LogP contribution in [-0.4, -0.2) is 49.5 Å². The van der Waals surface area contributed by atoms with Gasteiger partial charge in [-0.3, -0.25) is 10.1 Å². The summed E-state index contributed by atoms with van der Waals surface area (Å²) >= 11 is 0. The van der Waals surface area contributed by atoms with E-state index in [1.807, 2.05) is 13.8 Å². The van der Waals surface area contributed by atoms with Crippen molar-refractivity contribution in [3.05, 3.63) is 0 Å². The van der Waals surface area contributed by atoms with Crippen LogP contribution in [0.5, 0.6) is 0 Å². The van der Waals surface area contributed by atoms with Crippen LogP contribution in [0.4, 0.5) is 13.2 Å². The van der Waals surface area contributed by atoms with Crippen molar-refractivity contribution in [1.29, 1.82) is 0 Å². The van der Waals surface area contributed by atoms with Gasteiger partial charge in [-0.1, -0.05) is 13.8 Å². The van der Waals surface area contributed by atoms with Crippen molar-refractivity contribution in [2.45, 2.75) is 26.1 Å². The van der Waals surface area contributed by atoms with Crippen molar-refractivity contribution >= 4 is 5.91 Å². The molecule has 1 heterocycles. The van der Waals surface area contributed by atoms with Gasteiger partial charge in [0.25, 0.3) is 0 Å². The van der Waals surface area contributed by atoms with E-state index in [1.54, 1.807) is 0 Å². The van der Waals surface area contributed by atoms with Gasteiger partial charge in [-0.25, -0.2) is 0 Å². The summed E-state index contributed by atoms with van der Waals surface area (Å²) in [6, 6.07) is -0.238. The molecule has 1 aliphatic heterocycles. The molecular formula is C10H17F3N2O2. The SMILES string of the molecule is CC(C)C1NCN(CCOCC(F)(F)F)C1=O. The van der Waals surface area contributed by atoms with Crippen molar-refractivity contribution in [1.82, 2.24) is 10.2 Å². The van der Waals surface area contributed by atoms with Crippen molar-refractivity contribution in [3.8, 4) is 0 Å². The summed E-state index contributed by atoms with van der Waals surface area (Å²) in [6.07, 6.45) is -4.31. The second kappa shape index (κ2) is 5.68. The van der Waals surface area contributed by atoms with Crippen LogP contribution in [-0.2, 0) is 9.53 Å². The van der Waals surface area contributed by atoms with Gasteiger partial charge >= 0.3 is 6.18 Å². The van der Waals surface area contributed by atoms with E-state index in [4.69, 9.17) is 0 Å². The van der Waals surface area contributed by atoms with Crippen LogP contribution in [0, 0.1) is 5.92 Å². The number of carbonyl (C=O) groups is 1. The van der Waals surface area contributed by atoms with Gasteiger partial charge in [0.1, 0.15) is 6.61 Å². The molecule has 0 aromatic rings. The second-order valence-electron chi connectivity index (χ2n) is 4.35. The quantitative estimate of drug-likeness (QED) is 0.744. The summed E-state index contributed by atoms with van der Waals surface area (Å²) in [5.41, 5.74) is 0. The van der Waals surface area contributed by atoms with E-state index < -0.39 is 12.8 Å². The molecule has 0 spiro atoms. The molecule has 7 heteroatoms. The summed E-state index contributed by atoms with van der Waals surface area (Å²) < 4.78 is 39.8. The van der Waals surface area contributed by atoms with E-state index in [2.05, 4.69) is 10.1 Å². The lowest BCUT2D eigenvalue weighted by Gasteiger charge is -2.17. The molecule has 17 heavy (non-hydrogen) atoms. The lowest BCUT2D eigenvalue weighted by molar-refractivity contribution is -0.174. The Hall–Kier alpha value is -0.820. The van der Waals surface area contributed by atoms with E-state index in [9.17, 15) is 18.0 Å². The predicted octanol–water partition coefficient (Wildman–Crippen LogP) is 0.979. The van der Waals surface area contributed by atoms with Gasteiger partial charge < -0.3 is 9.64 Å². The normalized spacial score (nSPS) is 21.6. The molecule has 1 rings (SSSR count). The number of nitrogens with one attached hydrogen (secondary N) is 1. The minimum atomic E-state index is -4.31. The lowest BCUT2D eigenvalue weighted by atomic mass is 10.1. The standard InChI is InChI=1S/C10H17F3N2O2/c1-7(2)8-9(16)15(6-14-8)3-4-17-5-10(11,12)13/h7-8,14H,3-6H2,1-2H3. The smallest absolute Gasteiger partial charge is 0.370 e. The summed E-state index contributed by atoms with van der Waals surface area (Å²) in [4.78, 5) is 13.2. The monoisotopic (exact) mass is 254 g/mol. The Bertz CT molecular complexity index is 269. The molecule has 1 aliphatic rings. The first-order chi connectivity index (χ1) is 7.81. The number of ether oxygens (including phenoxy) is 1. The van der Waals surface area contributed by atoms with Crippen LogP contribution in [0.3, 0.4) is 0 Å². The van der Waals surface area contributed by atoms with Crippen molar-refractivity contribution in [2.75, 3.05) is 26.4 Å². The van der Waals surface area contributed by atoms with Crippen molar-refractivity contribution in [2.24, 2.45) is 5.92 Å². The number of rotatable bonds is 5. The zero-order chi connectivity index (χ0) is 13.1. The Balaban J connectivity index is 2.23. The average molecular weight is 254 g/mol. The number of amides is 1. The largest absolute Gasteiger partial charge is 0.411 e. The van der Waals surface area contributed by atoms with Crippen LogP contribution in [0.2, 0.25) is 0 Å². The first kappa shape index (κ1) is 14.2. The Morgan fingerprint density at radius 1 is 1.53 bits per heavy atom. The first-order valence-electron chi connectivity index (χ1n) is 5.48. The summed E-state index contributed by atoms with van der Waals surface area (Å²) in [7, 11) is 0. The van der Waals surface area contributed by atoms with Crippen LogP contribution < -0.4 is 5.32 Å². The number of nitrogens with zero attached hydrogens (tertiary/aromatic N) is 1. The second-order valence-corrected chi connectivity index (χ2v) is 4.35. The highest BCUT2D eigenvalue weighted by atomic mass is 19.4. The highest BCUT2D eigenvalue weighted by Crippen LogP contribution is 2.15.